The number of nitrogens with zero attached hydrogens (tertiary/aromatic N) is 1. The fraction of sp³-hybridized carbons (Fsp3) is 0.909. The molecule has 0 rings (SSSR count). The largest absolute Gasteiger partial charge is 0.344 e. The van der Waals surface area contributed by atoms with Crippen LogP contribution in [0.3, 0.4) is 0 Å². The van der Waals surface area contributed by atoms with Gasteiger partial charge in [-0.1, -0.05) is 0 Å². The topological polar surface area (TPSA) is 58.4 Å². The molecule has 4 heteroatoms. The minimum absolute atomic E-state index is 0.0882. The molecule has 90 valence electrons. The lowest BCUT2D eigenvalue weighted by Crippen LogP contribution is -2.56. The molecule has 0 aromatic rings. The standard InChI is InChI=1S/C11H25N3O/c1-10(2,11(3,4)12)9(15)14(6)8-7-13-5/h13H,7-8,12H2,1-6H3. The summed E-state index contributed by atoms with van der Waals surface area (Å²) in [6.07, 6.45) is 0. The van der Waals surface area contributed by atoms with E-state index in [9.17, 15) is 4.79 Å². The van der Waals surface area contributed by atoms with E-state index in [0.717, 1.165) is 6.54 Å². The number of carbonyl (C=O) groups excluding carboxylic acids is 1. The number of amides is 1. The summed E-state index contributed by atoms with van der Waals surface area (Å²) in [5, 5.41) is 3.02. The van der Waals surface area contributed by atoms with Gasteiger partial charge in [-0.3, -0.25) is 4.79 Å². The van der Waals surface area contributed by atoms with Gasteiger partial charge in [-0.15, -0.1) is 0 Å². The second-order valence-corrected chi connectivity index (χ2v) is 5.18. The van der Waals surface area contributed by atoms with Crippen LogP contribution in [-0.4, -0.2) is 43.5 Å². The molecule has 0 fully saturated rings. The van der Waals surface area contributed by atoms with Crippen LogP contribution in [0.5, 0.6) is 0 Å². The molecule has 0 heterocycles. The quantitative estimate of drug-likeness (QED) is 0.699. The van der Waals surface area contributed by atoms with E-state index >= 15 is 0 Å². The van der Waals surface area contributed by atoms with Gasteiger partial charge in [-0.2, -0.15) is 0 Å². The predicted molar refractivity (Wildman–Crippen MR) is 63.6 cm³/mol. The maximum Gasteiger partial charge on any atom is 0.229 e. The van der Waals surface area contributed by atoms with Gasteiger partial charge in [-0.25, -0.2) is 0 Å². The first-order valence-electron chi connectivity index (χ1n) is 5.33. The summed E-state index contributed by atoms with van der Waals surface area (Å²) in [7, 11) is 3.68. The summed E-state index contributed by atoms with van der Waals surface area (Å²) in [6, 6.07) is 0. The number of nitrogens with two attached hydrogens (primary N) is 1. The Balaban J connectivity index is 4.56. The van der Waals surface area contributed by atoms with Crippen molar-refractivity contribution in [1.29, 1.82) is 0 Å². The van der Waals surface area contributed by atoms with Gasteiger partial charge in [0.25, 0.3) is 0 Å². The van der Waals surface area contributed by atoms with E-state index in [1.807, 2.05) is 41.8 Å². The summed E-state index contributed by atoms with van der Waals surface area (Å²) in [4.78, 5) is 13.9. The third-order valence-electron chi connectivity index (χ3n) is 3.19. The highest BCUT2D eigenvalue weighted by Gasteiger charge is 2.41. The van der Waals surface area contributed by atoms with Crippen LogP contribution in [0.15, 0.2) is 0 Å². The highest BCUT2D eigenvalue weighted by molar-refractivity contribution is 5.83. The van der Waals surface area contributed by atoms with Crippen LogP contribution < -0.4 is 11.1 Å². The summed E-state index contributed by atoms with van der Waals surface area (Å²) in [6.45, 7) is 9.06. The highest BCUT2D eigenvalue weighted by atomic mass is 16.2. The average Bonchev–Trinajstić information content (AvgIpc) is 2.10. The lowest BCUT2D eigenvalue weighted by Gasteiger charge is -2.39. The molecule has 0 radical (unpaired) electrons. The van der Waals surface area contributed by atoms with Crippen LogP contribution in [0.2, 0.25) is 0 Å². The Labute approximate surface area is 93.2 Å². The van der Waals surface area contributed by atoms with Crippen molar-refractivity contribution in [3.8, 4) is 0 Å². The van der Waals surface area contributed by atoms with Gasteiger partial charge >= 0.3 is 0 Å². The Morgan fingerprint density at radius 2 is 1.80 bits per heavy atom. The second-order valence-electron chi connectivity index (χ2n) is 5.18. The summed E-state index contributed by atoms with van der Waals surface area (Å²) >= 11 is 0. The van der Waals surface area contributed by atoms with Crippen LogP contribution in [0.25, 0.3) is 0 Å². The number of nitrogens with one attached hydrogen (secondary N) is 1. The predicted octanol–water partition coefficient (Wildman–Crippen LogP) is 0.428. The van der Waals surface area contributed by atoms with Crippen molar-refractivity contribution >= 4 is 5.91 Å². The molecule has 0 aliphatic rings. The molecule has 0 aromatic heterocycles. The number of rotatable bonds is 5. The number of hydrogen-bond donors (Lipinski definition) is 2. The molecule has 3 N–H and O–H groups in total. The van der Waals surface area contributed by atoms with Crippen molar-refractivity contribution in [3.05, 3.63) is 0 Å². The molecule has 4 nitrogen and oxygen atoms in total. The van der Waals surface area contributed by atoms with E-state index in [2.05, 4.69) is 5.32 Å². The smallest absolute Gasteiger partial charge is 0.229 e. The lowest BCUT2D eigenvalue weighted by atomic mass is 9.74. The van der Waals surface area contributed by atoms with Gasteiger partial charge < -0.3 is 16.0 Å². The Bertz CT molecular complexity index is 218. The molecule has 0 saturated carbocycles. The van der Waals surface area contributed by atoms with Crippen LogP contribution in [0.4, 0.5) is 0 Å². The molecule has 0 aromatic carbocycles. The van der Waals surface area contributed by atoms with Crippen molar-refractivity contribution in [2.75, 3.05) is 27.2 Å². The summed E-state index contributed by atoms with van der Waals surface area (Å²) in [5.41, 5.74) is 4.96. The molecule has 0 spiro atoms. The maximum atomic E-state index is 12.1. The monoisotopic (exact) mass is 215 g/mol. The zero-order chi connectivity index (χ0) is 12.3. The molecule has 15 heavy (non-hydrogen) atoms. The molecule has 0 saturated heterocycles. The fourth-order valence-corrected chi connectivity index (χ4v) is 1.13. The van der Waals surface area contributed by atoms with E-state index in [4.69, 9.17) is 5.73 Å². The van der Waals surface area contributed by atoms with Gasteiger partial charge in [0.2, 0.25) is 5.91 Å². The molecular weight excluding hydrogens is 190 g/mol. The van der Waals surface area contributed by atoms with E-state index in [1.165, 1.54) is 0 Å². The molecule has 1 amide bonds. The maximum absolute atomic E-state index is 12.1. The zero-order valence-corrected chi connectivity index (χ0v) is 10.8. The molecule has 0 aliphatic heterocycles. The van der Waals surface area contributed by atoms with E-state index in [-0.39, 0.29) is 5.91 Å². The Morgan fingerprint density at radius 1 is 1.33 bits per heavy atom. The molecule has 0 atom stereocenters. The number of hydrogen-bond acceptors (Lipinski definition) is 3. The number of carbonyl (C=O) groups is 1. The molecule has 0 bridgehead atoms. The number of likely N-dealkylation sites (N-methyl/N-ethyl adjacent to an activating group) is 2. The highest BCUT2D eigenvalue weighted by Crippen LogP contribution is 2.29. The van der Waals surface area contributed by atoms with E-state index in [1.54, 1.807) is 4.90 Å². The molecular formula is C11H25N3O. The fourth-order valence-electron chi connectivity index (χ4n) is 1.13. The van der Waals surface area contributed by atoms with Crippen LogP contribution in [0, 0.1) is 5.41 Å². The third kappa shape index (κ3) is 3.47. The van der Waals surface area contributed by atoms with Crippen molar-refractivity contribution in [1.82, 2.24) is 10.2 Å². The van der Waals surface area contributed by atoms with Crippen molar-refractivity contribution < 1.29 is 4.79 Å². The van der Waals surface area contributed by atoms with Crippen LogP contribution >= 0.6 is 0 Å². The van der Waals surface area contributed by atoms with Gasteiger partial charge in [0, 0.05) is 25.7 Å². The lowest BCUT2D eigenvalue weighted by molar-refractivity contribution is -0.142. The first-order chi connectivity index (χ1) is 6.64. The Morgan fingerprint density at radius 3 is 2.13 bits per heavy atom. The van der Waals surface area contributed by atoms with E-state index < -0.39 is 11.0 Å². The van der Waals surface area contributed by atoms with Gasteiger partial charge in [0.15, 0.2) is 0 Å². The molecule has 0 aliphatic carbocycles. The third-order valence-corrected chi connectivity index (χ3v) is 3.19. The minimum atomic E-state index is -0.546. The van der Waals surface area contributed by atoms with Crippen molar-refractivity contribution in [2.45, 2.75) is 33.2 Å². The molecule has 0 unspecified atom stereocenters. The van der Waals surface area contributed by atoms with Crippen molar-refractivity contribution in [3.63, 3.8) is 0 Å². The summed E-state index contributed by atoms with van der Waals surface area (Å²) in [5.74, 6) is 0.0882. The second kappa shape index (κ2) is 4.94. The minimum Gasteiger partial charge on any atom is -0.344 e. The first-order valence-corrected chi connectivity index (χ1v) is 5.33. The Hall–Kier alpha value is -0.610. The average molecular weight is 215 g/mol. The summed E-state index contributed by atoms with van der Waals surface area (Å²) < 4.78 is 0. The normalized spacial score (nSPS) is 12.7. The Kier molecular flexibility index (Phi) is 4.74. The van der Waals surface area contributed by atoms with Gasteiger partial charge in [0.05, 0.1) is 5.41 Å². The van der Waals surface area contributed by atoms with Crippen LogP contribution in [-0.2, 0) is 4.79 Å². The SMILES string of the molecule is CNCCN(C)C(=O)C(C)(C)C(C)(C)N. The van der Waals surface area contributed by atoms with Crippen molar-refractivity contribution in [2.24, 2.45) is 11.1 Å². The van der Waals surface area contributed by atoms with Gasteiger partial charge in [0.1, 0.15) is 0 Å². The van der Waals surface area contributed by atoms with Crippen LogP contribution in [0.1, 0.15) is 27.7 Å². The zero-order valence-electron chi connectivity index (χ0n) is 10.8. The van der Waals surface area contributed by atoms with E-state index in [0.29, 0.717) is 6.54 Å². The van der Waals surface area contributed by atoms with Gasteiger partial charge in [-0.05, 0) is 34.7 Å². The first kappa shape index (κ1) is 14.4.